The molecular formula is C77H63N3. The van der Waals surface area contributed by atoms with Gasteiger partial charge in [-0.2, -0.15) is 0 Å². The van der Waals surface area contributed by atoms with Crippen LogP contribution in [0.15, 0.2) is 273 Å². The first-order valence-corrected chi connectivity index (χ1v) is 27.7. The highest BCUT2D eigenvalue weighted by molar-refractivity contribution is 5.97. The van der Waals surface area contributed by atoms with E-state index in [1.54, 1.807) is 0 Å². The molecule has 0 saturated carbocycles. The van der Waals surface area contributed by atoms with Crippen LogP contribution in [-0.4, -0.2) is 15.0 Å². The summed E-state index contributed by atoms with van der Waals surface area (Å²) in [6, 6.07) is 92.7. The molecule has 12 aromatic rings. The third-order valence-corrected chi connectivity index (χ3v) is 15.5. The molecule has 3 heteroatoms. The zero-order chi connectivity index (χ0) is 54.8. The summed E-state index contributed by atoms with van der Waals surface area (Å²) in [5.74, 6) is 0. The Labute approximate surface area is 472 Å². The van der Waals surface area contributed by atoms with E-state index < -0.39 is 0 Å². The molecule has 0 aliphatic heterocycles. The van der Waals surface area contributed by atoms with Crippen LogP contribution in [0, 0.1) is 0 Å². The molecule has 386 valence electrons. The van der Waals surface area contributed by atoms with Gasteiger partial charge in [-0.3, -0.25) is 15.0 Å². The average molecular weight is 1030 g/mol. The number of rotatable bonds is 11. The van der Waals surface area contributed by atoms with Crippen molar-refractivity contribution in [2.75, 3.05) is 0 Å². The Bertz CT molecular complexity index is 3950. The summed E-state index contributed by atoms with van der Waals surface area (Å²) in [5, 5.41) is 0. The molecule has 0 bridgehead atoms. The van der Waals surface area contributed by atoms with Crippen LogP contribution in [0.25, 0.3) is 123 Å². The Morgan fingerprint density at radius 1 is 0.212 bits per heavy atom. The highest BCUT2D eigenvalue weighted by Gasteiger charge is 2.20. The monoisotopic (exact) mass is 1030 g/mol. The highest BCUT2D eigenvalue weighted by Crippen LogP contribution is 2.45. The van der Waals surface area contributed by atoms with E-state index in [2.05, 4.69) is 290 Å². The Morgan fingerprint density at radius 2 is 0.550 bits per heavy atom. The second kappa shape index (κ2) is 21.7. The van der Waals surface area contributed by atoms with Gasteiger partial charge in [-0.1, -0.05) is 248 Å². The van der Waals surface area contributed by atoms with Crippen molar-refractivity contribution >= 4 is 0 Å². The van der Waals surface area contributed by atoms with Crippen LogP contribution in [0.1, 0.15) is 52.7 Å². The Hall–Kier alpha value is -9.57. The van der Waals surface area contributed by atoms with Crippen molar-refractivity contribution in [3.05, 3.63) is 285 Å². The van der Waals surface area contributed by atoms with Gasteiger partial charge in [-0.05, 0) is 160 Å². The molecule has 0 unspecified atom stereocenters. The molecule has 0 fully saturated rings. The summed E-state index contributed by atoms with van der Waals surface area (Å²) < 4.78 is 0. The lowest BCUT2D eigenvalue weighted by atomic mass is 9.84. The minimum absolute atomic E-state index is 0.0363. The van der Waals surface area contributed by atoms with Gasteiger partial charge in [-0.15, -0.1) is 0 Å². The first-order valence-electron chi connectivity index (χ1n) is 27.7. The zero-order valence-electron chi connectivity index (χ0n) is 46.3. The van der Waals surface area contributed by atoms with Crippen molar-refractivity contribution in [1.29, 1.82) is 0 Å². The SMILES string of the molecule is CC(C)(C)c1ccc(-c2ccc(-c3ccccc3-c3cc(-c4ccccc4-c4ccc(-c5ccc(C(C)(C)C)cn5)cc4)cc(-c4ccccc4-c4ccc(-c5ccccn5)cc4-c4ccc(-c5ccccc5)cc4)c3)cc2)nc1. The first-order chi connectivity index (χ1) is 38.9. The molecule has 9 aromatic carbocycles. The fourth-order valence-electron chi connectivity index (χ4n) is 10.9. The number of nitrogens with zero attached hydrogens (tertiary/aromatic N) is 3. The smallest absolute Gasteiger partial charge is 0.0702 e. The fraction of sp³-hybridized carbons (Fsp3) is 0.104. The van der Waals surface area contributed by atoms with E-state index in [9.17, 15) is 0 Å². The van der Waals surface area contributed by atoms with E-state index in [1.807, 2.05) is 24.7 Å². The Kier molecular flexibility index (Phi) is 13.9. The summed E-state index contributed by atoms with van der Waals surface area (Å²) in [4.78, 5) is 14.6. The predicted octanol–water partition coefficient (Wildman–Crippen LogP) is 20.8. The summed E-state index contributed by atoms with van der Waals surface area (Å²) in [6.07, 6.45) is 5.90. The average Bonchev–Trinajstić information content (AvgIpc) is 3.53. The summed E-state index contributed by atoms with van der Waals surface area (Å²) >= 11 is 0. The Balaban J connectivity index is 1.00. The molecule has 0 saturated heterocycles. The molecule has 0 radical (unpaired) electrons. The largest absolute Gasteiger partial charge is 0.256 e. The number of hydrogen-bond donors (Lipinski definition) is 0. The first kappa shape index (κ1) is 51.2. The van der Waals surface area contributed by atoms with Gasteiger partial charge in [0.05, 0.1) is 17.1 Å². The zero-order valence-corrected chi connectivity index (χ0v) is 46.3. The third-order valence-electron chi connectivity index (χ3n) is 15.5. The standard InChI is InChI=1S/C77H63N3/c1-76(2,3)63-40-43-74(79-50-63)57-35-31-54(32-36-57)65-20-10-12-22-67(65)60-46-61(68-23-13-11-21-66(68)55-33-37-58(38-34-55)75-44-41-64(51-80-75)77(4,5)6)48-62(47-60)69-24-14-15-25-70(69)71-42-39-59(73-26-16-17-45-78-73)49-72(71)56-29-27-53(28-30-56)52-18-8-7-9-19-52/h7-51H,1-6H3. The van der Waals surface area contributed by atoms with Crippen molar-refractivity contribution in [2.45, 2.75) is 52.4 Å². The van der Waals surface area contributed by atoms with Crippen molar-refractivity contribution in [2.24, 2.45) is 0 Å². The van der Waals surface area contributed by atoms with Crippen LogP contribution in [-0.2, 0) is 10.8 Å². The summed E-state index contributed by atoms with van der Waals surface area (Å²) in [6.45, 7) is 13.3. The molecule has 0 spiro atoms. The molecule has 3 aromatic heterocycles. The number of benzene rings is 9. The van der Waals surface area contributed by atoms with Crippen molar-refractivity contribution in [3.63, 3.8) is 0 Å². The van der Waals surface area contributed by atoms with E-state index in [-0.39, 0.29) is 10.8 Å². The molecule has 12 rings (SSSR count). The summed E-state index contributed by atoms with van der Waals surface area (Å²) in [5.41, 5.74) is 27.0. The van der Waals surface area contributed by atoms with Gasteiger partial charge in [0.1, 0.15) is 0 Å². The van der Waals surface area contributed by atoms with E-state index in [1.165, 1.54) is 22.3 Å². The molecule has 0 aliphatic rings. The number of hydrogen-bond acceptors (Lipinski definition) is 3. The number of pyridine rings is 3. The molecule has 0 aliphatic carbocycles. The van der Waals surface area contributed by atoms with Crippen LogP contribution in [0.5, 0.6) is 0 Å². The lowest BCUT2D eigenvalue weighted by Gasteiger charge is -2.19. The highest BCUT2D eigenvalue weighted by atomic mass is 14.7. The van der Waals surface area contributed by atoms with Crippen molar-refractivity contribution in [3.8, 4) is 123 Å². The normalized spacial score (nSPS) is 11.6. The molecular weight excluding hydrogens is 967 g/mol. The number of aromatic nitrogens is 3. The molecule has 0 atom stereocenters. The van der Waals surface area contributed by atoms with E-state index in [0.717, 1.165) is 112 Å². The molecule has 3 heterocycles. The second-order valence-electron chi connectivity index (χ2n) is 22.9. The quantitative estimate of drug-likeness (QED) is 0.130. The van der Waals surface area contributed by atoms with Crippen molar-refractivity contribution in [1.82, 2.24) is 15.0 Å². The lowest BCUT2D eigenvalue weighted by Crippen LogP contribution is -2.11. The van der Waals surface area contributed by atoms with Crippen LogP contribution in [0.3, 0.4) is 0 Å². The van der Waals surface area contributed by atoms with Crippen LogP contribution in [0.4, 0.5) is 0 Å². The second-order valence-corrected chi connectivity index (χ2v) is 22.9. The molecule has 0 N–H and O–H groups in total. The fourth-order valence-corrected chi connectivity index (χ4v) is 10.9. The maximum atomic E-state index is 4.90. The van der Waals surface area contributed by atoms with Crippen LogP contribution in [0.2, 0.25) is 0 Å². The molecule has 3 nitrogen and oxygen atoms in total. The minimum atomic E-state index is 0.0363. The van der Waals surface area contributed by atoms with Crippen LogP contribution >= 0.6 is 0 Å². The third kappa shape index (κ3) is 10.7. The summed E-state index contributed by atoms with van der Waals surface area (Å²) in [7, 11) is 0. The molecule has 0 amide bonds. The predicted molar refractivity (Wildman–Crippen MR) is 337 cm³/mol. The Morgan fingerprint density at radius 3 is 0.975 bits per heavy atom. The van der Waals surface area contributed by atoms with Gasteiger partial charge in [-0.25, -0.2) is 0 Å². The minimum Gasteiger partial charge on any atom is -0.256 e. The maximum absolute atomic E-state index is 4.90. The van der Waals surface area contributed by atoms with E-state index in [0.29, 0.717) is 0 Å². The van der Waals surface area contributed by atoms with Gasteiger partial charge >= 0.3 is 0 Å². The van der Waals surface area contributed by atoms with Gasteiger partial charge in [0.2, 0.25) is 0 Å². The maximum Gasteiger partial charge on any atom is 0.0702 e. The van der Waals surface area contributed by atoms with Gasteiger partial charge in [0, 0.05) is 35.3 Å². The van der Waals surface area contributed by atoms with E-state index in [4.69, 9.17) is 15.0 Å². The lowest BCUT2D eigenvalue weighted by molar-refractivity contribution is 0.587. The van der Waals surface area contributed by atoms with Crippen LogP contribution < -0.4 is 0 Å². The van der Waals surface area contributed by atoms with Gasteiger partial charge < -0.3 is 0 Å². The van der Waals surface area contributed by atoms with Gasteiger partial charge in [0.25, 0.3) is 0 Å². The topological polar surface area (TPSA) is 38.7 Å². The molecule has 80 heavy (non-hydrogen) atoms. The van der Waals surface area contributed by atoms with Gasteiger partial charge in [0.15, 0.2) is 0 Å². The van der Waals surface area contributed by atoms with E-state index >= 15 is 0 Å². The van der Waals surface area contributed by atoms with Crippen molar-refractivity contribution < 1.29 is 0 Å².